The number of hydrogen-bond donors (Lipinski definition) is 0. The third-order valence-electron chi connectivity index (χ3n) is 2.19. The van der Waals surface area contributed by atoms with E-state index in [0.29, 0.717) is 0 Å². The van der Waals surface area contributed by atoms with Crippen LogP contribution in [0.1, 0.15) is 20.3 Å². The van der Waals surface area contributed by atoms with Gasteiger partial charge in [0.15, 0.2) is 5.78 Å². The van der Waals surface area contributed by atoms with Gasteiger partial charge in [-0.2, -0.15) is 0 Å². The Morgan fingerprint density at radius 1 is 1.47 bits per heavy atom. The van der Waals surface area contributed by atoms with Crippen LogP contribution < -0.4 is 0 Å². The number of aliphatic imine (C=N–C) groups is 1. The molecule has 2 nitrogen and oxygen atoms in total. The van der Waals surface area contributed by atoms with E-state index in [1.165, 1.54) is 4.90 Å². The van der Waals surface area contributed by atoms with Gasteiger partial charge in [0, 0.05) is 10.3 Å². The minimum atomic E-state index is -0.195. The summed E-state index contributed by atoms with van der Waals surface area (Å²) in [6.45, 7) is 3.68. The number of nitrogens with zero attached hydrogens (tertiary/aromatic N) is 1. The molecule has 1 aromatic carbocycles. The molecule has 0 spiro atoms. The third kappa shape index (κ3) is 1.92. The third-order valence-corrected chi connectivity index (χ3v) is 4.46. The van der Waals surface area contributed by atoms with Crippen LogP contribution in [-0.2, 0) is 4.79 Å². The molecule has 78 valence electrons. The van der Waals surface area contributed by atoms with E-state index in [-0.39, 0.29) is 16.3 Å². The van der Waals surface area contributed by atoms with Gasteiger partial charge in [0.25, 0.3) is 0 Å². The highest BCUT2D eigenvalue weighted by Crippen LogP contribution is 2.43. The Balaban J connectivity index is 2.55. The highest BCUT2D eigenvalue weighted by molar-refractivity contribution is 8.29. The van der Waals surface area contributed by atoms with Crippen LogP contribution in [0, 0.1) is 0 Å². The van der Waals surface area contributed by atoms with Gasteiger partial charge >= 0.3 is 0 Å². The first-order valence-corrected chi connectivity index (χ1v) is 6.26. The minimum Gasteiger partial charge on any atom is -0.295 e. The number of para-hydroxylation sites is 1. The van der Waals surface area contributed by atoms with E-state index in [2.05, 4.69) is 18.0 Å². The van der Waals surface area contributed by atoms with Crippen LogP contribution >= 0.6 is 10.5 Å². The quantitative estimate of drug-likeness (QED) is 0.702. The molecule has 0 N–H and O–H groups in total. The average molecular weight is 219 g/mol. The molecule has 0 aromatic heterocycles. The predicted octanol–water partition coefficient (Wildman–Crippen LogP) is 3.16. The van der Waals surface area contributed by atoms with E-state index < -0.39 is 0 Å². The maximum absolute atomic E-state index is 11.2. The van der Waals surface area contributed by atoms with E-state index in [4.69, 9.17) is 0 Å². The molecule has 2 rings (SSSR count). The first-order chi connectivity index (χ1) is 7.22. The van der Waals surface area contributed by atoms with Gasteiger partial charge in [0.2, 0.25) is 0 Å². The summed E-state index contributed by atoms with van der Waals surface area (Å²) in [5.41, 5.74) is 1.02. The molecule has 1 aromatic rings. The molecule has 0 radical (unpaired) electrons. The zero-order chi connectivity index (χ0) is 10.8. The highest BCUT2D eigenvalue weighted by atomic mass is 32.2. The van der Waals surface area contributed by atoms with Gasteiger partial charge in [0.1, 0.15) is 0 Å². The van der Waals surface area contributed by atoms with Crippen molar-refractivity contribution in [3.05, 3.63) is 24.3 Å². The summed E-state index contributed by atoms with van der Waals surface area (Å²) in [6.07, 6.45) is 0.904. The first kappa shape index (κ1) is 10.3. The number of ketones is 1. The van der Waals surface area contributed by atoms with Crippen LogP contribution in [0.3, 0.4) is 0 Å². The Morgan fingerprint density at radius 2 is 2.20 bits per heavy atom. The van der Waals surface area contributed by atoms with Crippen molar-refractivity contribution < 1.29 is 4.79 Å². The Labute approximate surface area is 92.0 Å². The van der Waals surface area contributed by atoms with Gasteiger partial charge < -0.3 is 0 Å². The van der Waals surface area contributed by atoms with E-state index in [9.17, 15) is 4.79 Å². The summed E-state index contributed by atoms with van der Waals surface area (Å²) >= 11 is 0. The van der Waals surface area contributed by atoms with Crippen molar-refractivity contribution in [2.75, 3.05) is 0 Å². The fraction of sp³-hybridized carbons (Fsp3) is 0.250. The molecule has 15 heavy (non-hydrogen) atoms. The molecule has 3 heteroatoms. The molecule has 1 aliphatic rings. The summed E-state index contributed by atoms with van der Waals surface area (Å²) in [7, 11) is -0.195. The molecule has 1 unspecified atom stereocenters. The van der Waals surface area contributed by atoms with Crippen molar-refractivity contribution in [2.45, 2.75) is 25.2 Å². The summed E-state index contributed by atoms with van der Waals surface area (Å²) < 4.78 is 0. The van der Waals surface area contributed by atoms with Crippen LogP contribution in [0.15, 0.2) is 34.2 Å². The maximum atomic E-state index is 11.2. The lowest BCUT2D eigenvalue weighted by Crippen LogP contribution is -1.96. The molecule has 1 atom stereocenters. The van der Waals surface area contributed by atoms with Gasteiger partial charge in [-0.25, -0.2) is 4.99 Å². The number of benzene rings is 1. The lowest BCUT2D eigenvalue weighted by Gasteiger charge is -2.02. The van der Waals surface area contributed by atoms with Gasteiger partial charge in [-0.3, -0.25) is 4.79 Å². The second-order valence-electron chi connectivity index (χ2n) is 3.39. The minimum absolute atomic E-state index is 0.121. The number of hydrogen-bond acceptors (Lipinski definition) is 2. The monoisotopic (exact) mass is 219 g/mol. The average Bonchev–Trinajstić information content (AvgIpc) is 2.56. The van der Waals surface area contributed by atoms with Crippen LogP contribution in [0.2, 0.25) is 0 Å². The molecule has 0 bridgehead atoms. The smallest absolute Gasteiger partial charge is 0.158 e. The molecule has 1 heterocycles. The second-order valence-corrected chi connectivity index (χ2v) is 5.22. The molecular weight excluding hydrogens is 206 g/mol. The topological polar surface area (TPSA) is 29.4 Å². The van der Waals surface area contributed by atoms with Gasteiger partial charge in [0.05, 0.1) is 10.7 Å². The van der Waals surface area contributed by atoms with Crippen molar-refractivity contribution in [1.29, 1.82) is 0 Å². The Morgan fingerprint density at radius 3 is 2.87 bits per heavy atom. The molecule has 0 saturated heterocycles. The molecule has 1 aliphatic heterocycles. The normalized spacial score (nSPS) is 18.8. The standard InChI is InChI=1S/C12H13NOS/c1-3-12-13-10-6-4-5-7-11(10)15(12)8-9(2)14/h4-8H,3H2,1-2H3. The Hall–Kier alpha value is -1.22. The molecule has 0 amide bonds. The second kappa shape index (κ2) is 4.11. The van der Waals surface area contributed by atoms with Crippen molar-refractivity contribution in [1.82, 2.24) is 0 Å². The SMILES string of the molecule is CCC1=Nc2ccccc2S1=CC(C)=O. The lowest BCUT2D eigenvalue weighted by atomic mass is 10.3. The number of fused-ring (bicyclic) bond motifs is 1. The van der Waals surface area contributed by atoms with Crippen LogP contribution in [0.5, 0.6) is 0 Å². The Bertz CT molecular complexity index is 474. The lowest BCUT2D eigenvalue weighted by molar-refractivity contribution is -0.110. The molecule has 0 fully saturated rings. The van der Waals surface area contributed by atoms with E-state index in [1.807, 2.05) is 18.2 Å². The van der Waals surface area contributed by atoms with Gasteiger partial charge in [-0.15, -0.1) is 10.5 Å². The zero-order valence-corrected chi connectivity index (χ0v) is 9.67. The van der Waals surface area contributed by atoms with E-state index in [0.717, 1.165) is 17.2 Å². The van der Waals surface area contributed by atoms with Crippen molar-refractivity contribution in [3.63, 3.8) is 0 Å². The van der Waals surface area contributed by atoms with Crippen molar-refractivity contribution in [2.24, 2.45) is 4.99 Å². The summed E-state index contributed by atoms with van der Waals surface area (Å²) in [5.74, 6) is 0.121. The fourth-order valence-corrected chi connectivity index (χ4v) is 3.50. The van der Waals surface area contributed by atoms with Crippen molar-refractivity contribution in [3.8, 4) is 0 Å². The summed E-state index contributed by atoms with van der Waals surface area (Å²) in [5, 5.41) is 2.90. The number of carbonyl (C=O) groups is 1. The molecule has 0 saturated carbocycles. The fourth-order valence-electron chi connectivity index (χ4n) is 1.58. The molecular formula is C12H13NOS. The Kier molecular flexibility index (Phi) is 2.82. The zero-order valence-electron chi connectivity index (χ0n) is 8.86. The summed E-state index contributed by atoms with van der Waals surface area (Å²) in [4.78, 5) is 16.9. The predicted molar refractivity (Wildman–Crippen MR) is 66.4 cm³/mol. The van der Waals surface area contributed by atoms with Crippen molar-refractivity contribution >= 4 is 32.4 Å². The molecule has 0 aliphatic carbocycles. The largest absolute Gasteiger partial charge is 0.295 e. The maximum Gasteiger partial charge on any atom is 0.158 e. The number of rotatable bonds is 2. The van der Waals surface area contributed by atoms with E-state index >= 15 is 0 Å². The number of Topliss-reactive ketones (excluding diaryl/α,β-unsaturated/α-hetero) is 1. The van der Waals surface area contributed by atoms with Crippen LogP contribution in [0.25, 0.3) is 0 Å². The van der Waals surface area contributed by atoms with Gasteiger partial charge in [-0.1, -0.05) is 19.1 Å². The highest BCUT2D eigenvalue weighted by Gasteiger charge is 2.17. The first-order valence-electron chi connectivity index (χ1n) is 4.97. The van der Waals surface area contributed by atoms with Gasteiger partial charge in [-0.05, 0) is 25.5 Å². The van der Waals surface area contributed by atoms with Crippen LogP contribution in [0.4, 0.5) is 5.69 Å². The van der Waals surface area contributed by atoms with E-state index in [1.54, 1.807) is 12.3 Å². The summed E-state index contributed by atoms with van der Waals surface area (Å²) in [6, 6.07) is 8.05. The number of carbonyl (C=O) groups excluding carboxylic acids is 1. The van der Waals surface area contributed by atoms with Crippen LogP contribution in [-0.4, -0.2) is 16.2 Å².